The molecule has 0 radical (unpaired) electrons. The minimum absolute atomic E-state index is 0.667. The number of aryl methyl sites for hydroxylation is 2. The molecule has 0 amide bonds. The summed E-state index contributed by atoms with van der Waals surface area (Å²) in [7, 11) is 2.04. The first-order valence-electron chi connectivity index (χ1n) is 6.15. The van der Waals surface area contributed by atoms with E-state index in [4.69, 9.17) is 0 Å². The van der Waals surface area contributed by atoms with Gasteiger partial charge in [-0.1, -0.05) is 6.92 Å². The molecule has 0 bridgehead atoms. The van der Waals surface area contributed by atoms with Crippen molar-refractivity contribution >= 4 is 27.7 Å². The lowest BCUT2D eigenvalue weighted by Gasteiger charge is -2.32. The molecule has 96 valence electrons. The van der Waals surface area contributed by atoms with Crippen molar-refractivity contribution in [1.82, 2.24) is 14.7 Å². The van der Waals surface area contributed by atoms with Gasteiger partial charge in [0, 0.05) is 37.7 Å². The molecule has 17 heavy (non-hydrogen) atoms. The SMILES string of the molecule is CCc1nn(C)c(CN2CCSCC2C)c1Br. The van der Waals surface area contributed by atoms with Crippen molar-refractivity contribution in [2.75, 3.05) is 18.1 Å². The smallest absolute Gasteiger partial charge is 0.0767 e. The van der Waals surface area contributed by atoms with Crippen LogP contribution in [0.3, 0.4) is 0 Å². The number of rotatable bonds is 3. The molecule has 1 unspecified atom stereocenters. The van der Waals surface area contributed by atoms with Gasteiger partial charge in [-0.25, -0.2) is 0 Å². The highest BCUT2D eigenvalue weighted by molar-refractivity contribution is 9.10. The van der Waals surface area contributed by atoms with E-state index >= 15 is 0 Å². The Morgan fingerprint density at radius 1 is 1.53 bits per heavy atom. The number of hydrogen-bond donors (Lipinski definition) is 0. The van der Waals surface area contributed by atoms with Crippen molar-refractivity contribution in [3.8, 4) is 0 Å². The predicted octanol–water partition coefficient (Wildman–Crippen LogP) is 2.68. The summed E-state index contributed by atoms with van der Waals surface area (Å²) < 4.78 is 3.23. The largest absolute Gasteiger partial charge is 0.293 e. The monoisotopic (exact) mass is 317 g/mol. The number of aromatic nitrogens is 2. The second-order valence-electron chi connectivity index (χ2n) is 4.58. The van der Waals surface area contributed by atoms with E-state index in [-0.39, 0.29) is 0 Å². The third kappa shape index (κ3) is 2.88. The number of nitrogens with zero attached hydrogens (tertiary/aromatic N) is 3. The summed E-state index contributed by atoms with van der Waals surface area (Å²) in [6, 6.07) is 0.667. The lowest BCUT2D eigenvalue weighted by Crippen LogP contribution is -2.40. The van der Waals surface area contributed by atoms with E-state index in [1.807, 2.05) is 11.7 Å². The van der Waals surface area contributed by atoms with Crippen molar-refractivity contribution in [1.29, 1.82) is 0 Å². The maximum atomic E-state index is 4.56. The Labute approximate surface area is 116 Å². The number of hydrogen-bond acceptors (Lipinski definition) is 3. The van der Waals surface area contributed by atoms with Gasteiger partial charge in [0.15, 0.2) is 0 Å². The standard InChI is InChI=1S/C12H20BrN3S/c1-4-10-12(13)11(15(3)14-10)7-16-5-6-17-8-9(16)2/h9H,4-8H2,1-3H3. The van der Waals surface area contributed by atoms with Crippen LogP contribution in [0.15, 0.2) is 4.47 Å². The van der Waals surface area contributed by atoms with Gasteiger partial charge < -0.3 is 0 Å². The Morgan fingerprint density at radius 2 is 2.29 bits per heavy atom. The molecule has 1 atom stereocenters. The predicted molar refractivity (Wildman–Crippen MR) is 77.5 cm³/mol. The third-order valence-corrected chi connectivity index (χ3v) is 5.47. The molecule has 1 aromatic heterocycles. The van der Waals surface area contributed by atoms with Gasteiger partial charge in [-0.05, 0) is 29.3 Å². The molecular weight excluding hydrogens is 298 g/mol. The van der Waals surface area contributed by atoms with Gasteiger partial charge in [-0.2, -0.15) is 16.9 Å². The van der Waals surface area contributed by atoms with Crippen LogP contribution < -0.4 is 0 Å². The fourth-order valence-corrected chi connectivity index (χ4v) is 4.00. The average Bonchev–Trinajstić information content (AvgIpc) is 2.59. The van der Waals surface area contributed by atoms with E-state index in [0.717, 1.165) is 13.0 Å². The molecule has 1 fully saturated rings. The van der Waals surface area contributed by atoms with E-state index in [0.29, 0.717) is 6.04 Å². The zero-order valence-electron chi connectivity index (χ0n) is 10.7. The van der Waals surface area contributed by atoms with Gasteiger partial charge in [0.1, 0.15) is 0 Å². The van der Waals surface area contributed by atoms with Crippen molar-refractivity contribution in [3.63, 3.8) is 0 Å². The summed E-state index contributed by atoms with van der Waals surface area (Å²) in [5, 5.41) is 4.56. The molecule has 1 aliphatic rings. The zero-order chi connectivity index (χ0) is 12.4. The quantitative estimate of drug-likeness (QED) is 0.855. The first kappa shape index (κ1) is 13.4. The normalized spacial score (nSPS) is 22.0. The molecule has 0 aromatic carbocycles. The molecule has 2 heterocycles. The highest BCUT2D eigenvalue weighted by Crippen LogP contribution is 2.25. The van der Waals surface area contributed by atoms with Crippen molar-refractivity contribution in [3.05, 3.63) is 15.9 Å². The van der Waals surface area contributed by atoms with E-state index < -0.39 is 0 Å². The fourth-order valence-electron chi connectivity index (χ4n) is 2.18. The van der Waals surface area contributed by atoms with E-state index in [1.54, 1.807) is 0 Å². The van der Waals surface area contributed by atoms with Crippen LogP contribution in [0.5, 0.6) is 0 Å². The van der Waals surface area contributed by atoms with Crippen molar-refractivity contribution in [2.45, 2.75) is 32.9 Å². The van der Waals surface area contributed by atoms with E-state index in [1.165, 1.54) is 33.9 Å². The first-order valence-corrected chi connectivity index (χ1v) is 8.10. The Morgan fingerprint density at radius 3 is 2.88 bits per heavy atom. The molecule has 5 heteroatoms. The molecule has 0 saturated carbocycles. The maximum absolute atomic E-state index is 4.56. The molecule has 1 saturated heterocycles. The average molecular weight is 318 g/mol. The van der Waals surface area contributed by atoms with E-state index in [2.05, 4.69) is 51.5 Å². The van der Waals surface area contributed by atoms with Crippen LogP contribution in [-0.2, 0) is 20.0 Å². The topological polar surface area (TPSA) is 21.1 Å². The van der Waals surface area contributed by atoms with E-state index in [9.17, 15) is 0 Å². The highest BCUT2D eigenvalue weighted by atomic mass is 79.9. The van der Waals surface area contributed by atoms with Gasteiger partial charge in [-0.15, -0.1) is 0 Å². The molecule has 0 N–H and O–H groups in total. The Kier molecular flexibility index (Phi) is 4.55. The number of thioether (sulfide) groups is 1. The van der Waals surface area contributed by atoms with Crippen LogP contribution in [0.4, 0.5) is 0 Å². The minimum atomic E-state index is 0.667. The zero-order valence-corrected chi connectivity index (χ0v) is 13.1. The second-order valence-corrected chi connectivity index (χ2v) is 6.52. The van der Waals surface area contributed by atoms with Crippen LogP contribution >= 0.6 is 27.7 Å². The number of halogens is 1. The molecule has 1 aromatic rings. The Balaban J connectivity index is 2.14. The first-order chi connectivity index (χ1) is 8.13. The van der Waals surface area contributed by atoms with Gasteiger partial charge in [0.25, 0.3) is 0 Å². The van der Waals surface area contributed by atoms with Crippen LogP contribution in [0.1, 0.15) is 25.2 Å². The van der Waals surface area contributed by atoms with Crippen LogP contribution in [0.25, 0.3) is 0 Å². The van der Waals surface area contributed by atoms with Crippen LogP contribution in [-0.4, -0.2) is 38.8 Å². The van der Waals surface area contributed by atoms with Gasteiger partial charge >= 0.3 is 0 Å². The summed E-state index contributed by atoms with van der Waals surface area (Å²) >= 11 is 5.75. The lowest BCUT2D eigenvalue weighted by molar-refractivity contribution is 0.218. The molecule has 3 nitrogen and oxygen atoms in total. The molecule has 2 rings (SSSR count). The second kappa shape index (κ2) is 5.76. The van der Waals surface area contributed by atoms with Gasteiger partial charge in [0.2, 0.25) is 0 Å². The Bertz CT molecular complexity index is 391. The van der Waals surface area contributed by atoms with Crippen molar-refractivity contribution in [2.24, 2.45) is 7.05 Å². The molecule has 0 spiro atoms. The summed E-state index contributed by atoms with van der Waals surface area (Å²) in [4.78, 5) is 2.55. The summed E-state index contributed by atoms with van der Waals surface area (Å²) in [5.41, 5.74) is 2.47. The maximum Gasteiger partial charge on any atom is 0.0767 e. The summed E-state index contributed by atoms with van der Waals surface area (Å²) in [6.45, 7) is 6.66. The summed E-state index contributed by atoms with van der Waals surface area (Å²) in [5.74, 6) is 2.50. The third-order valence-electron chi connectivity index (χ3n) is 3.36. The van der Waals surface area contributed by atoms with Crippen LogP contribution in [0, 0.1) is 0 Å². The fraction of sp³-hybridized carbons (Fsp3) is 0.750. The molecule has 1 aliphatic heterocycles. The molecular formula is C12H20BrN3S. The molecule has 0 aliphatic carbocycles. The van der Waals surface area contributed by atoms with Crippen molar-refractivity contribution < 1.29 is 0 Å². The minimum Gasteiger partial charge on any atom is -0.293 e. The Hall–Kier alpha value is -0.000000000000000111. The lowest BCUT2D eigenvalue weighted by atomic mass is 10.2. The highest BCUT2D eigenvalue weighted by Gasteiger charge is 2.22. The summed E-state index contributed by atoms with van der Waals surface area (Å²) in [6.07, 6.45) is 0.986. The van der Waals surface area contributed by atoms with Gasteiger partial charge in [-0.3, -0.25) is 9.58 Å². The van der Waals surface area contributed by atoms with Crippen LogP contribution in [0.2, 0.25) is 0 Å². The van der Waals surface area contributed by atoms with Gasteiger partial charge in [0.05, 0.1) is 15.9 Å².